The number of hydrogen-bond donors (Lipinski definition) is 0. The lowest BCUT2D eigenvalue weighted by Crippen LogP contribution is -2.46. The molecule has 2 fully saturated rings. The van der Waals surface area contributed by atoms with Crippen molar-refractivity contribution in [3.8, 4) is 0 Å². The van der Waals surface area contributed by atoms with Gasteiger partial charge in [0.15, 0.2) is 0 Å². The van der Waals surface area contributed by atoms with Crippen LogP contribution in [0.2, 0.25) is 0 Å². The second-order valence-corrected chi connectivity index (χ2v) is 11.1. The van der Waals surface area contributed by atoms with Gasteiger partial charge in [-0.25, -0.2) is 9.59 Å². The van der Waals surface area contributed by atoms with Gasteiger partial charge in [0.25, 0.3) is 0 Å². The number of unbranched alkanes of at least 4 members (excludes halogenated alkanes) is 2. The molecule has 1 unspecified atom stereocenters. The van der Waals surface area contributed by atoms with Crippen molar-refractivity contribution in [3.05, 3.63) is 71.8 Å². The monoisotopic (exact) mass is 493 g/mol. The zero-order valence-electron chi connectivity index (χ0n) is 21.8. The number of hydrogen-bond acceptors (Lipinski definition) is 5. The Morgan fingerprint density at radius 1 is 0.889 bits per heavy atom. The molecule has 1 heterocycles. The zero-order chi connectivity index (χ0) is 25.6. The average Bonchev–Trinajstić information content (AvgIpc) is 3.45. The number of benzene rings is 2. The van der Waals surface area contributed by atoms with Crippen LogP contribution in [0.5, 0.6) is 0 Å². The third-order valence-corrected chi connectivity index (χ3v) is 7.09. The fourth-order valence-electron chi connectivity index (χ4n) is 5.22. The molecule has 1 saturated carbocycles. The van der Waals surface area contributed by atoms with Gasteiger partial charge < -0.3 is 14.2 Å². The normalized spacial score (nSPS) is 22.7. The summed E-state index contributed by atoms with van der Waals surface area (Å²) in [6.45, 7) is 7.14. The molecule has 4 rings (SSSR count). The van der Waals surface area contributed by atoms with Crippen LogP contribution in [-0.4, -0.2) is 41.3 Å². The van der Waals surface area contributed by atoms with Gasteiger partial charge in [-0.05, 0) is 63.0 Å². The molecule has 0 N–H and O–H groups in total. The number of carbonyl (C=O) groups is 2. The van der Waals surface area contributed by atoms with E-state index in [1.165, 1.54) is 5.56 Å². The molecule has 3 atom stereocenters. The Morgan fingerprint density at radius 2 is 1.53 bits per heavy atom. The van der Waals surface area contributed by atoms with Crippen molar-refractivity contribution in [2.24, 2.45) is 5.41 Å². The summed E-state index contributed by atoms with van der Waals surface area (Å²) < 4.78 is 17.1. The molecule has 2 aromatic carbocycles. The van der Waals surface area contributed by atoms with Gasteiger partial charge in [0.2, 0.25) is 0 Å². The Hall–Kier alpha value is -2.86. The van der Waals surface area contributed by atoms with Crippen LogP contribution in [0.4, 0.5) is 4.79 Å². The Morgan fingerprint density at radius 3 is 2.17 bits per heavy atom. The summed E-state index contributed by atoms with van der Waals surface area (Å²) in [5.74, 6) is -0.342. The third-order valence-electron chi connectivity index (χ3n) is 7.09. The largest absolute Gasteiger partial charge is 0.459 e. The number of rotatable bonds is 11. The van der Waals surface area contributed by atoms with E-state index in [2.05, 4.69) is 12.1 Å². The second-order valence-electron chi connectivity index (χ2n) is 11.1. The van der Waals surface area contributed by atoms with Crippen molar-refractivity contribution >= 4 is 12.1 Å². The molecule has 0 radical (unpaired) electrons. The molecule has 0 spiro atoms. The van der Waals surface area contributed by atoms with Crippen LogP contribution in [0.3, 0.4) is 0 Å². The number of carbonyl (C=O) groups excluding carboxylic acids is 2. The van der Waals surface area contributed by atoms with Crippen molar-refractivity contribution < 1.29 is 23.8 Å². The van der Waals surface area contributed by atoms with Gasteiger partial charge in [-0.3, -0.25) is 4.90 Å². The molecule has 2 aliphatic rings. The Bertz CT molecular complexity index is 1000. The Balaban J connectivity index is 1.27. The van der Waals surface area contributed by atoms with Crippen molar-refractivity contribution in [2.75, 3.05) is 6.61 Å². The number of amides is 1. The first kappa shape index (κ1) is 26.2. The Labute approximate surface area is 214 Å². The van der Waals surface area contributed by atoms with Crippen LogP contribution in [0.25, 0.3) is 0 Å². The molecule has 6 nitrogen and oxygen atoms in total. The van der Waals surface area contributed by atoms with Crippen molar-refractivity contribution in [1.29, 1.82) is 0 Å². The number of esters is 1. The van der Waals surface area contributed by atoms with E-state index in [-0.39, 0.29) is 24.0 Å². The minimum atomic E-state index is -0.616. The highest BCUT2D eigenvalue weighted by Gasteiger charge is 2.67. The molecule has 6 heteroatoms. The predicted molar refractivity (Wildman–Crippen MR) is 138 cm³/mol. The summed E-state index contributed by atoms with van der Waals surface area (Å²) in [6.07, 6.45) is 5.29. The highest BCUT2D eigenvalue weighted by atomic mass is 16.6. The predicted octanol–water partition coefficient (Wildman–Crippen LogP) is 6.28. The molecule has 2 aromatic rings. The van der Waals surface area contributed by atoms with Gasteiger partial charge >= 0.3 is 12.1 Å². The van der Waals surface area contributed by atoms with Crippen LogP contribution >= 0.6 is 0 Å². The molecular formula is C30H39NO5. The second kappa shape index (κ2) is 11.5. The molecular weight excluding hydrogens is 454 g/mol. The number of fused-ring (bicyclic) bond motifs is 1. The van der Waals surface area contributed by atoms with Gasteiger partial charge in [0.1, 0.15) is 18.2 Å². The summed E-state index contributed by atoms with van der Waals surface area (Å²) in [5, 5.41) is 0. The van der Waals surface area contributed by atoms with E-state index in [9.17, 15) is 9.59 Å². The van der Waals surface area contributed by atoms with Gasteiger partial charge in [-0.15, -0.1) is 0 Å². The van der Waals surface area contributed by atoms with Crippen molar-refractivity contribution in [2.45, 2.75) is 90.2 Å². The van der Waals surface area contributed by atoms with E-state index in [1.807, 2.05) is 69.3 Å². The number of piperidine rings is 1. The standard InChI is InChI=1S/C30H39NO5/c1-29(2,3)36-28(33)31-25(27(32)35-22-24-15-9-5-10-16-24)19-30(20-26(30)31)17-11-6-12-18-34-21-23-13-7-4-8-14-23/h4-5,7-10,13-16,25-26H,6,11-12,17-22H2,1-3H3/t25-,26?,30-/m0/s1. The number of nitrogens with zero attached hydrogens (tertiary/aromatic N) is 1. The summed E-state index contributed by atoms with van der Waals surface area (Å²) in [7, 11) is 0. The summed E-state index contributed by atoms with van der Waals surface area (Å²) in [6, 6.07) is 19.3. The van der Waals surface area contributed by atoms with Crippen molar-refractivity contribution in [3.63, 3.8) is 0 Å². The average molecular weight is 494 g/mol. The molecule has 0 bridgehead atoms. The lowest BCUT2D eigenvalue weighted by atomic mass is 9.93. The topological polar surface area (TPSA) is 65.1 Å². The lowest BCUT2D eigenvalue weighted by Gasteiger charge is -2.29. The zero-order valence-corrected chi connectivity index (χ0v) is 21.8. The quantitative estimate of drug-likeness (QED) is 0.272. The minimum absolute atomic E-state index is 0.00175. The van der Waals surface area contributed by atoms with Gasteiger partial charge in [-0.1, -0.05) is 73.5 Å². The maximum atomic E-state index is 13.1. The highest BCUT2D eigenvalue weighted by Crippen LogP contribution is 2.62. The van der Waals surface area contributed by atoms with Crippen molar-refractivity contribution in [1.82, 2.24) is 4.90 Å². The van der Waals surface area contributed by atoms with Crippen LogP contribution in [0.15, 0.2) is 60.7 Å². The van der Waals surface area contributed by atoms with E-state index >= 15 is 0 Å². The number of ether oxygens (including phenoxy) is 3. The van der Waals surface area contributed by atoms with Crippen LogP contribution in [0.1, 0.15) is 70.4 Å². The summed E-state index contributed by atoms with van der Waals surface area (Å²) in [5.41, 5.74) is 1.51. The van der Waals surface area contributed by atoms with Gasteiger partial charge in [0, 0.05) is 12.6 Å². The maximum absolute atomic E-state index is 13.1. The van der Waals surface area contributed by atoms with E-state index in [0.29, 0.717) is 13.0 Å². The molecule has 1 saturated heterocycles. The maximum Gasteiger partial charge on any atom is 0.411 e. The molecule has 1 aliphatic carbocycles. The fourth-order valence-corrected chi connectivity index (χ4v) is 5.22. The van der Waals surface area contributed by atoms with E-state index in [0.717, 1.165) is 44.3 Å². The summed E-state index contributed by atoms with van der Waals surface area (Å²) in [4.78, 5) is 27.8. The fraction of sp³-hybridized carbons (Fsp3) is 0.533. The minimum Gasteiger partial charge on any atom is -0.459 e. The first-order chi connectivity index (χ1) is 17.3. The highest BCUT2D eigenvalue weighted by molar-refractivity contribution is 5.83. The first-order valence-corrected chi connectivity index (χ1v) is 13.1. The van der Waals surface area contributed by atoms with Gasteiger partial charge in [-0.2, -0.15) is 0 Å². The van der Waals surface area contributed by atoms with E-state index in [1.54, 1.807) is 4.90 Å². The van der Waals surface area contributed by atoms with Crippen LogP contribution in [0, 0.1) is 5.41 Å². The molecule has 1 aliphatic heterocycles. The number of likely N-dealkylation sites (tertiary alicyclic amines) is 1. The first-order valence-electron chi connectivity index (χ1n) is 13.1. The Kier molecular flexibility index (Phi) is 8.35. The molecule has 194 valence electrons. The summed E-state index contributed by atoms with van der Waals surface area (Å²) >= 11 is 0. The third kappa shape index (κ3) is 6.88. The van der Waals surface area contributed by atoms with E-state index < -0.39 is 17.7 Å². The van der Waals surface area contributed by atoms with Crippen LogP contribution in [-0.2, 0) is 32.2 Å². The van der Waals surface area contributed by atoms with Crippen LogP contribution < -0.4 is 0 Å². The SMILES string of the molecule is CC(C)(C)OC(=O)N1C2C[C@]2(CCCCCOCc2ccccc2)C[C@H]1C(=O)OCc1ccccc1. The lowest BCUT2D eigenvalue weighted by molar-refractivity contribution is -0.150. The van der Waals surface area contributed by atoms with E-state index in [4.69, 9.17) is 14.2 Å². The molecule has 1 amide bonds. The molecule has 36 heavy (non-hydrogen) atoms. The van der Waals surface area contributed by atoms with Gasteiger partial charge in [0.05, 0.1) is 6.61 Å². The smallest absolute Gasteiger partial charge is 0.411 e. The molecule has 0 aromatic heterocycles.